The third-order valence-electron chi connectivity index (χ3n) is 6.47. The maximum Gasteiger partial charge on any atom is 0.335 e. The van der Waals surface area contributed by atoms with Crippen LogP contribution in [-0.2, 0) is 6.61 Å². The topological polar surface area (TPSA) is 67.8 Å². The summed E-state index contributed by atoms with van der Waals surface area (Å²) in [6.45, 7) is 3.01. The number of aromatic carboxylic acids is 1. The highest BCUT2D eigenvalue weighted by atomic mass is 16.5. The third kappa shape index (κ3) is 4.19. The summed E-state index contributed by atoms with van der Waals surface area (Å²) >= 11 is 0. The lowest BCUT2D eigenvalue weighted by Crippen LogP contribution is -2.29. The number of allylic oxidation sites excluding steroid dienone is 2. The minimum atomic E-state index is -0.897. The number of carboxylic acids is 1. The van der Waals surface area contributed by atoms with Crippen molar-refractivity contribution in [3.05, 3.63) is 101 Å². The maximum absolute atomic E-state index is 11.5. The van der Waals surface area contributed by atoms with Crippen molar-refractivity contribution in [2.24, 2.45) is 5.92 Å². The van der Waals surface area contributed by atoms with Crippen LogP contribution in [0.4, 0.5) is 5.69 Å². The quantitative estimate of drug-likeness (QED) is 0.428. The Kier molecular flexibility index (Phi) is 5.78. The van der Waals surface area contributed by atoms with Gasteiger partial charge in [-0.3, -0.25) is 0 Å². The summed E-state index contributed by atoms with van der Waals surface area (Å²) in [6, 6.07) is 21.7. The van der Waals surface area contributed by atoms with Gasteiger partial charge in [-0.2, -0.15) is 0 Å². The molecule has 3 atom stereocenters. The Bertz CT molecular complexity index is 1190. The molecule has 5 nitrogen and oxygen atoms in total. The monoisotopic (exact) mass is 441 g/mol. The minimum Gasteiger partial charge on any atom is -0.490 e. The molecule has 1 heterocycles. The van der Waals surface area contributed by atoms with Crippen LogP contribution >= 0.6 is 0 Å². The highest BCUT2D eigenvalue weighted by molar-refractivity contribution is 5.89. The predicted octanol–water partition coefficient (Wildman–Crippen LogP) is 6.19. The Balaban J connectivity index is 1.43. The van der Waals surface area contributed by atoms with E-state index in [0.29, 0.717) is 24.7 Å². The molecule has 3 aromatic carbocycles. The molecule has 5 heteroatoms. The molecule has 0 radical (unpaired) electrons. The van der Waals surface area contributed by atoms with Crippen LogP contribution in [0, 0.1) is 5.92 Å². The molecule has 0 spiro atoms. The molecule has 0 amide bonds. The minimum absolute atomic E-state index is 0.0931. The van der Waals surface area contributed by atoms with Crippen molar-refractivity contribution in [3.8, 4) is 11.5 Å². The molecule has 2 N–H and O–H groups in total. The number of hydrogen-bond donors (Lipinski definition) is 2. The van der Waals surface area contributed by atoms with Crippen LogP contribution in [-0.4, -0.2) is 17.7 Å². The summed E-state index contributed by atoms with van der Waals surface area (Å²) < 4.78 is 12.0. The average Bonchev–Trinajstić information content (AvgIpc) is 3.33. The van der Waals surface area contributed by atoms with Gasteiger partial charge in [0.1, 0.15) is 6.61 Å². The van der Waals surface area contributed by atoms with Crippen LogP contribution in [0.1, 0.15) is 52.4 Å². The standard InChI is InChI=1S/C28H27NO4/c1-2-32-26-16-19(12-14-25(26)33-17-18-7-4-3-5-8-18)27-22-10-6-9-21(22)23-15-20(28(30)31)11-13-24(23)29-27/h3-9,11-16,21-22,27,29H,2,10,17H2,1H3,(H,30,31)/t21-,22+,27+/m1/s1. The molecule has 0 bridgehead atoms. The zero-order chi connectivity index (χ0) is 22.8. The largest absolute Gasteiger partial charge is 0.490 e. The lowest BCUT2D eigenvalue weighted by Gasteiger charge is -2.37. The second kappa shape index (κ2) is 9.02. The smallest absolute Gasteiger partial charge is 0.335 e. The van der Waals surface area contributed by atoms with Crippen LogP contribution in [0.3, 0.4) is 0 Å². The normalized spacial score (nSPS) is 20.5. The summed E-state index contributed by atoms with van der Waals surface area (Å²) in [5.74, 6) is 1.07. The van der Waals surface area contributed by atoms with Crippen molar-refractivity contribution in [2.45, 2.75) is 31.9 Å². The van der Waals surface area contributed by atoms with Gasteiger partial charge in [-0.25, -0.2) is 4.79 Å². The van der Waals surface area contributed by atoms with Gasteiger partial charge < -0.3 is 19.9 Å². The first-order chi connectivity index (χ1) is 16.1. The molecular formula is C28H27NO4. The van der Waals surface area contributed by atoms with Gasteiger partial charge in [-0.1, -0.05) is 48.6 Å². The van der Waals surface area contributed by atoms with Crippen molar-refractivity contribution in [3.63, 3.8) is 0 Å². The molecule has 5 rings (SSSR count). The predicted molar refractivity (Wildman–Crippen MR) is 128 cm³/mol. The third-order valence-corrected chi connectivity index (χ3v) is 6.47. The number of fused-ring (bicyclic) bond motifs is 3. The zero-order valence-corrected chi connectivity index (χ0v) is 18.5. The van der Waals surface area contributed by atoms with Crippen molar-refractivity contribution in [2.75, 3.05) is 11.9 Å². The van der Waals surface area contributed by atoms with Crippen LogP contribution in [0.2, 0.25) is 0 Å². The van der Waals surface area contributed by atoms with Gasteiger partial charge in [0, 0.05) is 11.6 Å². The molecule has 33 heavy (non-hydrogen) atoms. The number of carbonyl (C=O) groups is 1. The number of rotatable bonds is 7. The van der Waals surface area contributed by atoms with Crippen molar-refractivity contribution in [1.82, 2.24) is 0 Å². The summed E-state index contributed by atoms with van der Waals surface area (Å²) in [4.78, 5) is 11.5. The Hall–Kier alpha value is -3.73. The van der Waals surface area contributed by atoms with Crippen molar-refractivity contribution < 1.29 is 19.4 Å². The SMILES string of the molecule is CCOc1cc([C@@H]2Nc3ccc(C(=O)O)cc3[C@@H]3C=CC[C@@H]32)ccc1OCc1ccccc1. The van der Waals surface area contributed by atoms with E-state index in [2.05, 4.69) is 29.6 Å². The number of anilines is 1. The molecule has 0 aromatic heterocycles. The van der Waals surface area contributed by atoms with Gasteiger partial charge in [0.15, 0.2) is 11.5 Å². The van der Waals surface area contributed by atoms with E-state index in [1.807, 2.05) is 49.4 Å². The zero-order valence-electron chi connectivity index (χ0n) is 18.5. The van der Waals surface area contributed by atoms with E-state index < -0.39 is 5.97 Å². The van der Waals surface area contributed by atoms with Gasteiger partial charge in [-0.15, -0.1) is 0 Å². The highest BCUT2D eigenvalue weighted by Crippen LogP contribution is 2.50. The van der Waals surface area contributed by atoms with Gasteiger partial charge in [-0.05, 0) is 66.3 Å². The highest BCUT2D eigenvalue weighted by Gasteiger charge is 2.38. The average molecular weight is 442 g/mol. The summed E-state index contributed by atoms with van der Waals surface area (Å²) in [7, 11) is 0. The molecule has 1 aliphatic heterocycles. The summed E-state index contributed by atoms with van der Waals surface area (Å²) in [5.41, 5.74) is 4.61. The molecule has 168 valence electrons. The van der Waals surface area contributed by atoms with Crippen LogP contribution in [0.5, 0.6) is 11.5 Å². The van der Waals surface area contributed by atoms with Crippen molar-refractivity contribution >= 4 is 11.7 Å². The summed E-state index contributed by atoms with van der Waals surface area (Å²) in [5, 5.41) is 13.1. The lowest BCUT2D eigenvalue weighted by molar-refractivity contribution is 0.0696. The fourth-order valence-electron chi connectivity index (χ4n) is 4.90. The van der Waals surface area contributed by atoms with E-state index in [1.54, 1.807) is 12.1 Å². The Morgan fingerprint density at radius 3 is 2.67 bits per heavy atom. The molecule has 0 saturated heterocycles. The first kappa shape index (κ1) is 21.1. The fourth-order valence-corrected chi connectivity index (χ4v) is 4.90. The van der Waals surface area contributed by atoms with Crippen molar-refractivity contribution in [1.29, 1.82) is 0 Å². The Morgan fingerprint density at radius 2 is 1.88 bits per heavy atom. The van der Waals surface area contributed by atoms with Crippen LogP contribution in [0.25, 0.3) is 0 Å². The van der Waals surface area contributed by atoms with Crippen LogP contribution in [0.15, 0.2) is 78.9 Å². The van der Waals surface area contributed by atoms with Gasteiger partial charge >= 0.3 is 5.97 Å². The number of hydrogen-bond acceptors (Lipinski definition) is 4. The maximum atomic E-state index is 11.5. The first-order valence-electron chi connectivity index (χ1n) is 11.4. The molecule has 2 aliphatic rings. The van der Waals surface area contributed by atoms with E-state index in [0.717, 1.165) is 40.3 Å². The Morgan fingerprint density at radius 1 is 1.03 bits per heavy atom. The van der Waals surface area contributed by atoms with Gasteiger partial charge in [0.2, 0.25) is 0 Å². The molecule has 0 unspecified atom stereocenters. The van der Waals surface area contributed by atoms with Gasteiger partial charge in [0.05, 0.1) is 18.2 Å². The molecule has 1 aliphatic carbocycles. The number of nitrogens with one attached hydrogen (secondary N) is 1. The summed E-state index contributed by atoms with van der Waals surface area (Å²) in [6.07, 6.45) is 5.35. The van der Waals surface area contributed by atoms with E-state index in [1.165, 1.54) is 0 Å². The number of benzene rings is 3. The van der Waals surface area contributed by atoms with E-state index in [-0.39, 0.29) is 12.0 Å². The second-order valence-corrected chi connectivity index (χ2v) is 8.50. The second-order valence-electron chi connectivity index (χ2n) is 8.50. The molecular weight excluding hydrogens is 414 g/mol. The fraction of sp³-hybridized carbons (Fsp3) is 0.250. The lowest BCUT2D eigenvalue weighted by atomic mass is 9.76. The Labute approximate surface area is 193 Å². The molecule has 0 saturated carbocycles. The number of ether oxygens (including phenoxy) is 2. The van der Waals surface area contributed by atoms with E-state index in [9.17, 15) is 9.90 Å². The number of carboxylic acid groups (broad SMARTS) is 1. The van der Waals surface area contributed by atoms with Gasteiger partial charge in [0.25, 0.3) is 0 Å². The molecule has 0 fully saturated rings. The van der Waals surface area contributed by atoms with E-state index >= 15 is 0 Å². The van der Waals surface area contributed by atoms with E-state index in [4.69, 9.17) is 9.47 Å². The molecule has 3 aromatic rings. The van der Waals surface area contributed by atoms with Crippen LogP contribution < -0.4 is 14.8 Å². The first-order valence-corrected chi connectivity index (χ1v) is 11.4.